The first-order chi connectivity index (χ1) is 9.19. The fourth-order valence-electron chi connectivity index (χ4n) is 1.56. The molecule has 0 fully saturated rings. The number of aliphatic hydroxyl groups excluding tert-OH is 1. The lowest BCUT2D eigenvalue weighted by Crippen LogP contribution is -2.29. The Bertz CT molecular complexity index is 454. The third kappa shape index (κ3) is 4.98. The van der Waals surface area contributed by atoms with Gasteiger partial charge in [-0.25, -0.2) is 0 Å². The fourth-order valence-corrected chi connectivity index (χ4v) is 1.56. The molecule has 0 saturated heterocycles. The third-order valence-electron chi connectivity index (χ3n) is 2.58. The van der Waals surface area contributed by atoms with Gasteiger partial charge in [-0.15, -0.1) is 0 Å². The molecule has 0 aromatic heterocycles. The summed E-state index contributed by atoms with van der Waals surface area (Å²) in [6.45, 7) is 2.06. The van der Waals surface area contributed by atoms with Gasteiger partial charge in [-0.3, -0.25) is 4.79 Å². The summed E-state index contributed by atoms with van der Waals surface area (Å²) in [6.07, 6.45) is 0.254. The molecule has 0 aliphatic rings. The molecule has 2 N–H and O–H groups in total. The summed E-state index contributed by atoms with van der Waals surface area (Å²) in [5.74, 6) is 0.225. The van der Waals surface area contributed by atoms with Crippen molar-refractivity contribution in [1.82, 2.24) is 5.32 Å². The number of hydrogen-bond donors (Lipinski definition) is 2. The van der Waals surface area contributed by atoms with Gasteiger partial charge in [-0.05, 0) is 12.5 Å². The average molecular weight is 262 g/mol. The lowest BCUT2D eigenvalue weighted by molar-refractivity contribution is -0.123. The van der Waals surface area contributed by atoms with E-state index in [-0.39, 0.29) is 18.9 Å². The van der Waals surface area contributed by atoms with E-state index in [1.165, 1.54) is 0 Å². The second-order valence-electron chi connectivity index (χ2n) is 4.01. The van der Waals surface area contributed by atoms with E-state index >= 15 is 0 Å². The molecule has 102 valence electrons. The van der Waals surface area contributed by atoms with Crippen LogP contribution in [0.15, 0.2) is 24.3 Å². The summed E-state index contributed by atoms with van der Waals surface area (Å²) in [5.41, 5.74) is 0.676. The van der Waals surface area contributed by atoms with Crippen molar-refractivity contribution in [2.24, 2.45) is 0 Å². The molecule has 0 unspecified atom stereocenters. The van der Waals surface area contributed by atoms with Gasteiger partial charge >= 0.3 is 0 Å². The molecule has 0 spiro atoms. The Morgan fingerprint density at radius 3 is 2.95 bits per heavy atom. The van der Waals surface area contributed by atoms with Crippen LogP contribution in [-0.2, 0) is 4.79 Å². The Balaban J connectivity index is 2.53. The van der Waals surface area contributed by atoms with E-state index < -0.39 is 6.10 Å². The summed E-state index contributed by atoms with van der Waals surface area (Å²) in [7, 11) is 0. The minimum absolute atomic E-state index is 0.126. The van der Waals surface area contributed by atoms with Crippen molar-refractivity contribution in [3.8, 4) is 11.8 Å². The van der Waals surface area contributed by atoms with Crippen molar-refractivity contribution < 1.29 is 14.6 Å². The van der Waals surface area contributed by atoms with Crippen LogP contribution >= 0.6 is 0 Å². The smallest absolute Gasteiger partial charge is 0.257 e. The maximum Gasteiger partial charge on any atom is 0.257 e. The van der Waals surface area contributed by atoms with Crippen molar-refractivity contribution in [2.75, 3.05) is 13.2 Å². The normalized spacial score (nSPS) is 11.4. The van der Waals surface area contributed by atoms with Crippen LogP contribution in [0.25, 0.3) is 0 Å². The first kappa shape index (κ1) is 15.0. The van der Waals surface area contributed by atoms with Gasteiger partial charge in [0.25, 0.3) is 5.91 Å². The molecule has 0 saturated carbocycles. The van der Waals surface area contributed by atoms with Crippen LogP contribution in [-0.4, -0.2) is 24.2 Å². The first-order valence-corrected chi connectivity index (χ1v) is 6.22. The lowest BCUT2D eigenvalue weighted by atomic mass is 10.1. The molecule has 1 aromatic carbocycles. The number of para-hydroxylation sites is 1. The molecule has 5 nitrogen and oxygen atoms in total. The number of rotatable bonds is 7. The van der Waals surface area contributed by atoms with Crippen LogP contribution in [0.4, 0.5) is 0 Å². The molecule has 0 bridgehead atoms. The van der Waals surface area contributed by atoms with Gasteiger partial charge in [0.15, 0.2) is 6.61 Å². The van der Waals surface area contributed by atoms with Crippen molar-refractivity contribution in [2.45, 2.75) is 25.9 Å². The van der Waals surface area contributed by atoms with E-state index in [2.05, 4.69) is 5.32 Å². The second-order valence-corrected chi connectivity index (χ2v) is 4.01. The number of hydrogen-bond acceptors (Lipinski definition) is 4. The number of aliphatic hydroxyl groups is 1. The summed E-state index contributed by atoms with van der Waals surface area (Å²) < 4.78 is 5.40. The van der Waals surface area contributed by atoms with Gasteiger partial charge in [0, 0.05) is 12.1 Å². The van der Waals surface area contributed by atoms with Crippen molar-refractivity contribution in [3.63, 3.8) is 0 Å². The Kier molecular flexibility index (Phi) is 6.41. The summed E-state index contributed by atoms with van der Waals surface area (Å²) in [5, 5.41) is 20.8. The average Bonchev–Trinajstić information content (AvgIpc) is 2.45. The number of benzene rings is 1. The SMILES string of the molecule is CC[C@H](O)c1ccccc1OCC(=O)NCCC#N. The van der Waals surface area contributed by atoms with Crippen LogP contribution in [0.3, 0.4) is 0 Å². The highest BCUT2D eigenvalue weighted by atomic mass is 16.5. The van der Waals surface area contributed by atoms with Gasteiger partial charge < -0.3 is 15.2 Å². The van der Waals surface area contributed by atoms with Crippen LogP contribution < -0.4 is 10.1 Å². The van der Waals surface area contributed by atoms with E-state index in [4.69, 9.17) is 10.00 Å². The van der Waals surface area contributed by atoms with Gasteiger partial charge in [0.05, 0.1) is 18.6 Å². The molecule has 0 radical (unpaired) electrons. The molecule has 1 rings (SSSR count). The zero-order valence-corrected chi connectivity index (χ0v) is 10.9. The molecule has 19 heavy (non-hydrogen) atoms. The van der Waals surface area contributed by atoms with Crippen LogP contribution in [0.1, 0.15) is 31.4 Å². The molecule has 1 aromatic rings. The Morgan fingerprint density at radius 2 is 2.26 bits per heavy atom. The topological polar surface area (TPSA) is 82.3 Å². The molecule has 5 heteroatoms. The Labute approximate surface area is 112 Å². The quantitative estimate of drug-likeness (QED) is 0.730. The Morgan fingerprint density at radius 1 is 1.53 bits per heavy atom. The van der Waals surface area contributed by atoms with Crippen LogP contribution in [0.2, 0.25) is 0 Å². The molecule has 0 aliphatic carbocycles. The minimum Gasteiger partial charge on any atom is -0.483 e. The lowest BCUT2D eigenvalue weighted by Gasteiger charge is -2.14. The molecular weight excluding hydrogens is 244 g/mol. The summed E-state index contributed by atoms with van der Waals surface area (Å²) >= 11 is 0. The van der Waals surface area contributed by atoms with Gasteiger partial charge in [-0.1, -0.05) is 25.1 Å². The van der Waals surface area contributed by atoms with E-state index in [1.807, 2.05) is 19.1 Å². The number of nitrogens with zero attached hydrogens (tertiary/aromatic N) is 1. The number of nitriles is 1. The standard InChI is InChI=1S/C14H18N2O3/c1-2-12(17)11-6-3-4-7-13(11)19-10-14(18)16-9-5-8-15/h3-4,6-7,12,17H,2,5,9-10H2,1H3,(H,16,18)/t12-/m0/s1. The maximum absolute atomic E-state index is 11.4. The maximum atomic E-state index is 11.4. The molecule has 0 heterocycles. The highest BCUT2D eigenvalue weighted by Crippen LogP contribution is 2.26. The number of carbonyl (C=O) groups excluding carboxylic acids is 1. The van der Waals surface area contributed by atoms with Gasteiger partial charge in [-0.2, -0.15) is 5.26 Å². The van der Waals surface area contributed by atoms with E-state index in [0.29, 0.717) is 24.3 Å². The molecule has 0 aliphatic heterocycles. The molecular formula is C14H18N2O3. The van der Waals surface area contributed by atoms with Crippen molar-refractivity contribution >= 4 is 5.91 Å². The zero-order chi connectivity index (χ0) is 14.1. The van der Waals surface area contributed by atoms with Gasteiger partial charge in [0.2, 0.25) is 0 Å². The number of amides is 1. The van der Waals surface area contributed by atoms with E-state index in [0.717, 1.165) is 0 Å². The van der Waals surface area contributed by atoms with Crippen molar-refractivity contribution in [3.05, 3.63) is 29.8 Å². The molecule has 1 atom stereocenters. The van der Waals surface area contributed by atoms with E-state index in [9.17, 15) is 9.90 Å². The van der Waals surface area contributed by atoms with E-state index in [1.54, 1.807) is 18.2 Å². The summed E-state index contributed by atoms with van der Waals surface area (Å²) in [4.78, 5) is 11.4. The minimum atomic E-state index is -0.599. The van der Waals surface area contributed by atoms with Crippen molar-refractivity contribution in [1.29, 1.82) is 5.26 Å². The predicted molar refractivity (Wildman–Crippen MR) is 70.4 cm³/mol. The largest absolute Gasteiger partial charge is 0.483 e. The van der Waals surface area contributed by atoms with Crippen LogP contribution in [0.5, 0.6) is 5.75 Å². The highest BCUT2D eigenvalue weighted by Gasteiger charge is 2.12. The van der Waals surface area contributed by atoms with Gasteiger partial charge in [0.1, 0.15) is 5.75 Å². The zero-order valence-electron chi connectivity index (χ0n) is 10.9. The molecule has 1 amide bonds. The fraction of sp³-hybridized carbons (Fsp3) is 0.429. The second kappa shape index (κ2) is 8.11. The Hall–Kier alpha value is -2.06. The first-order valence-electron chi connectivity index (χ1n) is 6.22. The third-order valence-corrected chi connectivity index (χ3v) is 2.58. The number of carbonyl (C=O) groups is 1. The predicted octanol–water partition coefficient (Wildman–Crippen LogP) is 1.54. The highest BCUT2D eigenvalue weighted by molar-refractivity contribution is 5.77. The summed E-state index contributed by atoms with van der Waals surface area (Å²) in [6, 6.07) is 9.03. The number of nitrogens with one attached hydrogen (secondary N) is 1. The van der Waals surface area contributed by atoms with Crippen LogP contribution in [0, 0.1) is 11.3 Å². The number of ether oxygens (including phenoxy) is 1. The monoisotopic (exact) mass is 262 g/mol.